The molecule has 9 heteroatoms. The van der Waals surface area contributed by atoms with Crippen LogP contribution in [0.4, 0.5) is 4.79 Å². The van der Waals surface area contributed by atoms with Crippen LogP contribution in [0.15, 0.2) is 0 Å². The van der Waals surface area contributed by atoms with E-state index in [1.54, 1.807) is 20.8 Å². The first-order valence-electron chi connectivity index (χ1n) is 10.4. The lowest BCUT2D eigenvalue weighted by atomic mass is 9.96. The lowest BCUT2D eigenvalue weighted by molar-refractivity contribution is -0.142. The second-order valence-corrected chi connectivity index (χ2v) is 16.3. The van der Waals surface area contributed by atoms with Gasteiger partial charge in [0, 0.05) is 23.8 Å². The Hall–Kier alpha value is -1.06. The topological polar surface area (TPSA) is 90.9 Å². The van der Waals surface area contributed by atoms with Crippen molar-refractivity contribution in [2.75, 3.05) is 12.9 Å². The van der Waals surface area contributed by atoms with Crippen molar-refractivity contribution in [2.24, 2.45) is 0 Å². The number of esters is 1. The number of ketones is 1. The van der Waals surface area contributed by atoms with Crippen molar-refractivity contribution in [3.8, 4) is 0 Å². The second-order valence-electron chi connectivity index (χ2n) is 10.3. The molecule has 7 nitrogen and oxygen atoms in total. The van der Waals surface area contributed by atoms with Crippen molar-refractivity contribution in [1.29, 1.82) is 0 Å². The number of carbonyl (C=O) groups is 3. The minimum atomic E-state index is -2.00. The molecule has 2 unspecified atom stereocenters. The van der Waals surface area contributed by atoms with Crippen LogP contribution in [0.1, 0.15) is 60.8 Å². The van der Waals surface area contributed by atoms with E-state index in [0.29, 0.717) is 19.3 Å². The van der Waals surface area contributed by atoms with E-state index in [1.165, 1.54) is 18.9 Å². The Balaban J connectivity index is 2.85. The summed E-state index contributed by atoms with van der Waals surface area (Å²) in [6.45, 7) is 16.2. The highest BCUT2D eigenvalue weighted by molar-refractivity contribution is 8.00. The Kier molecular flexibility index (Phi) is 9.44. The van der Waals surface area contributed by atoms with Gasteiger partial charge in [-0.1, -0.05) is 20.8 Å². The van der Waals surface area contributed by atoms with Gasteiger partial charge in [-0.15, -0.1) is 0 Å². The molecule has 0 aromatic heterocycles. The number of ether oxygens (including phenoxy) is 2. The summed E-state index contributed by atoms with van der Waals surface area (Å²) in [6, 6.07) is -0.861. The van der Waals surface area contributed by atoms with Crippen molar-refractivity contribution < 1.29 is 28.3 Å². The van der Waals surface area contributed by atoms with Crippen LogP contribution in [-0.2, 0) is 23.5 Å². The van der Waals surface area contributed by atoms with E-state index in [-0.39, 0.29) is 27.9 Å². The van der Waals surface area contributed by atoms with Gasteiger partial charge in [0.1, 0.15) is 17.4 Å². The van der Waals surface area contributed by atoms with Crippen LogP contribution in [-0.4, -0.2) is 62.0 Å². The zero-order valence-electron chi connectivity index (χ0n) is 19.9. The number of amides is 1. The molecule has 0 saturated heterocycles. The number of nitrogens with one attached hydrogen (secondary N) is 1. The predicted molar refractivity (Wildman–Crippen MR) is 122 cm³/mol. The summed E-state index contributed by atoms with van der Waals surface area (Å²) in [5, 5.41) is 2.59. The van der Waals surface area contributed by atoms with E-state index in [2.05, 4.69) is 39.2 Å². The third-order valence-corrected chi connectivity index (χ3v) is 11.4. The van der Waals surface area contributed by atoms with Crippen LogP contribution in [0.3, 0.4) is 0 Å². The summed E-state index contributed by atoms with van der Waals surface area (Å²) in [6.07, 6.45) is 0.892. The van der Waals surface area contributed by atoms with E-state index >= 15 is 0 Å². The molecule has 1 saturated carbocycles. The van der Waals surface area contributed by atoms with E-state index < -0.39 is 32.0 Å². The number of hydrogen-bond donors (Lipinski definition) is 1. The Morgan fingerprint density at radius 2 is 1.80 bits per heavy atom. The molecule has 0 bridgehead atoms. The molecule has 1 aliphatic carbocycles. The zero-order valence-corrected chi connectivity index (χ0v) is 21.7. The van der Waals surface area contributed by atoms with Gasteiger partial charge in [-0.2, -0.15) is 11.8 Å². The van der Waals surface area contributed by atoms with Gasteiger partial charge in [0.05, 0.1) is 13.2 Å². The maximum Gasteiger partial charge on any atom is 0.408 e. The van der Waals surface area contributed by atoms with Crippen LogP contribution in [0, 0.1) is 0 Å². The van der Waals surface area contributed by atoms with E-state index in [1.807, 2.05) is 0 Å². The second kappa shape index (κ2) is 10.5. The lowest BCUT2D eigenvalue weighted by Gasteiger charge is -2.42. The number of hydrogen-bond acceptors (Lipinski definition) is 7. The highest BCUT2D eigenvalue weighted by Gasteiger charge is 2.42. The molecule has 0 spiro atoms. The van der Waals surface area contributed by atoms with Crippen molar-refractivity contribution in [1.82, 2.24) is 5.32 Å². The van der Waals surface area contributed by atoms with Crippen molar-refractivity contribution in [3.63, 3.8) is 0 Å². The van der Waals surface area contributed by atoms with Gasteiger partial charge >= 0.3 is 12.1 Å². The maximum absolute atomic E-state index is 12.2. The molecule has 0 heterocycles. The molecule has 1 aliphatic rings. The Labute approximate surface area is 186 Å². The molecule has 174 valence electrons. The molecule has 0 aromatic rings. The first-order chi connectivity index (χ1) is 13.6. The SMILES string of the molecule is COC(=O)C(CSC1CC(=O)CC[C@@H]1O[Si](C)(C)C(C)(C)C)NC(=O)OC(C)(C)C. The van der Waals surface area contributed by atoms with Crippen LogP contribution >= 0.6 is 11.8 Å². The Morgan fingerprint density at radius 1 is 1.20 bits per heavy atom. The van der Waals surface area contributed by atoms with Crippen LogP contribution in [0.2, 0.25) is 18.1 Å². The van der Waals surface area contributed by atoms with Gasteiger partial charge in [-0.3, -0.25) is 4.79 Å². The van der Waals surface area contributed by atoms with E-state index in [9.17, 15) is 14.4 Å². The molecule has 30 heavy (non-hydrogen) atoms. The van der Waals surface area contributed by atoms with Crippen LogP contribution in [0.25, 0.3) is 0 Å². The average molecular weight is 462 g/mol. The third-order valence-electron chi connectivity index (χ3n) is 5.46. The van der Waals surface area contributed by atoms with Crippen molar-refractivity contribution >= 4 is 37.9 Å². The monoisotopic (exact) mass is 461 g/mol. The zero-order chi connectivity index (χ0) is 23.3. The fourth-order valence-electron chi connectivity index (χ4n) is 2.78. The van der Waals surface area contributed by atoms with Gasteiger partial charge in [0.25, 0.3) is 0 Å². The first kappa shape index (κ1) is 27.0. The van der Waals surface area contributed by atoms with Crippen LogP contribution in [0.5, 0.6) is 0 Å². The minimum Gasteiger partial charge on any atom is -0.467 e. The average Bonchev–Trinajstić information content (AvgIpc) is 2.57. The van der Waals surface area contributed by atoms with E-state index in [4.69, 9.17) is 13.9 Å². The fraction of sp³-hybridized carbons (Fsp3) is 0.857. The number of thioether (sulfide) groups is 1. The fourth-order valence-corrected chi connectivity index (χ4v) is 5.64. The van der Waals surface area contributed by atoms with Gasteiger partial charge in [-0.05, 0) is 45.3 Å². The number of Topliss-reactive ketones (excluding diaryl/α,β-unsaturated/α-hetero) is 1. The van der Waals surface area contributed by atoms with E-state index in [0.717, 1.165) is 0 Å². The molecule has 0 aliphatic heterocycles. The summed E-state index contributed by atoms with van der Waals surface area (Å²) in [5.41, 5.74) is -0.671. The molecule has 1 rings (SSSR count). The molecule has 1 N–H and O–H groups in total. The predicted octanol–water partition coefficient (Wildman–Crippen LogP) is 4.30. The molecule has 0 aromatic carbocycles. The normalized spacial score (nSPS) is 21.7. The molecule has 3 atom stereocenters. The smallest absolute Gasteiger partial charge is 0.408 e. The quantitative estimate of drug-likeness (QED) is 0.446. The van der Waals surface area contributed by atoms with Gasteiger partial charge in [-0.25, -0.2) is 9.59 Å². The standard InChI is InChI=1S/C21H39NO6SSi/c1-20(2,3)27-19(25)22-15(18(24)26-7)13-29-17-12-14(23)10-11-16(17)28-30(8,9)21(4,5)6/h15-17H,10-13H2,1-9H3,(H,22,25)/t15?,16-,17?/m0/s1. The lowest BCUT2D eigenvalue weighted by Crippen LogP contribution is -2.49. The molecule has 1 amide bonds. The molecular weight excluding hydrogens is 422 g/mol. The summed E-state index contributed by atoms with van der Waals surface area (Å²) < 4.78 is 16.7. The third kappa shape index (κ3) is 8.59. The van der Waals surface area contributed by atoms with Gasteiger partial charge in [0.2, 0.25) is 0 Å². The Morgan fingerprint density at radius 3 is 2.30 bits per heavy atom. The largest absolute Gasteiger partial charge is 0.467 e. The summed E-state index contributed by atoms with van der Waals surface area (Å²) >= 11 is 1.48. The number of carbonyl (C=O) groups excluding carboxylic acids is 3. The van der Waals surface area contributed by atoms with Crippen molar-refractivity contribution in [3.05, 3.63) is 0 Å². The molecule has 1 fully saturated rings. The van der Waals surface area contributed by atoms with Crippen LogP contribution < -0.4 is 5.32 Å². The van der Waals surface area contributed by atoms with Crippen molar-refractivity contribution in [2.45, 2.75) is 102 Å². The van der Waals surface area contributed by atoms with Gasteiger partial charge in [0.15, 0.2) is 8.32 Å². The number of methoxy groups -OCH3 is 1. The highest BCUT2D eigenvalue weighted by Crippen LogP contribution is 2.40. The number of alkyl carbamates (subject to hydrolysis) is 1. The molecule has 0 radical (unpaired) electrons. The summed E-state index contributed by atoms with van der Waals surface area (Å²) in [7, 11) is -0.718. The van der Waals surface area contributed by atoms with Gasteiger partial charge < -0.3 is 19.2 Å². The highest BCUT2D eigenvalue weighted by atomic mass is 32.2. The minimum absolute atomic E-state index is 0.0478. The number of rotatable bonds is 7. The Bertz CT molecular complexity index is 626. The maximum atomic E-state index is 12.2. The summed E-state index contributed by atoms with van der Waals surface area (Å²) in [4.78, 5) is 36.4. The summed E-state index contributed by atoms with van der Waals surface area (Å²) in [5.74, 6) is -0.0593. The first-order valence-corrected chi connectivity index (χ1v) is 14.4. The molecular formula is C21H39NO6SSi.